The molecular weight excluding hydrogens is 406 g/mol. The summed E-state index contributed by atoms with van der Waals surface area (Å²) in [5.74, 6) is -3.46. The Hall–Kier alpha value is -1.75. The first-order chi connectivity index (χ1) is 13.8. The van der Waals surface area contributed by atoms with Gasteiger partial charge in [-0.3, -0.25) is 9.59 Å². The molecule has 0 unspecified atom stereocenters. The quantitative estimate of drug-likeness (QED) is 0.450. The van der Waals surface area contributed by atoms with Crippen LogP contribution in [0.4, 0.5) is 8.78 Å². The Balaban J connectivity index is 1.95. The highest BCUT2D eigenvalue weighted by Gasteiger charge is 2.33. The van der Waals surface area contributed by atoms with Crippen molar-refractivity contribution in [1.82, 2.24) is 16.0 Å². The fraction of sp³-hybridized carbons (Fsp3) is 0.556. The van der Waals surface area contributed by atoms with Gasteiger partial charge >= 0.3 is 7.12 Å². The van der Waals surface area contributed by atoms with Crippen LogP contribution in [0.5, 0.6) is 0 Å². The van der Waals surface area contributed by atoms with E-state index >= 15 is 0 Å². The molecule has 0 bridgehead atoms. The fourth-order valence-corrected chi connectivity index (χ4v) is 3.01. The summed E-state index contributed by atoms with van der Waals surface area (Å²) in [5.41, 5.74) is -0.530. The Labute approximate surface area is 174 Å². The van der Waals surface area contributed by atoms with E-state index in [2.05, 4.69) is 16.0 Å². The lowest BCUT2D eigenvalue weighted by atomic mass is 9.73. The van der Waals surface area contributed by atoms with Gasteiger partial charge in [0.1, 0.15) is 11.6 Å². The van der Waals surface area contributed by atoms with Crippen molar-refractivity contribution >= 4 is 30.5 Å². The third-order valence-corrected chi connectivity index (χ3v) is 4.48. The minimum absolute atomic E-state index is 0.261. The van der Waals surface area contributed by atoms with E-state index < -0.39 is 53.6 Å². The molecule has 11 heteroatoms. The summed E-state index contributed by atoms with van der Waals surface area (Å²) in [6.45, 7) is 5.83. The van der Waals surface area contributed by atoms with Crippen LogP contribution in [0, 0.1) is 17.6 Å². The van der Waals surface area contributed by atoms with Crippen molar-refractivity contribution in [1.29, 1.82) is 0 Å². The largest absolute Gasteiger partial charge is 0.480 e. The van der Waals surface area contributed by atoms with E-state index in [-0.39, 0.29) is 5.92 Å². The first-order valence-corrected chi connectivity index (χ1v) is 9.81. The van der Waals surface area contributed by atoms with Crippen LogP contribution in [-0.2, 0) is 14.1 Å². The lowest BCUT2D eigenvalue weighted by Gasteiger charge is -2.27. The smallest absolute Gasteiger partial charge is 0.408 e. The van der Waals surface area contributed by atoms with Crippen molar-refractivity contribution in [3.05, 3.63) is 34.4 Å². The highest BCUT2D eigenvalue weighted by molar-refractivity contribution is 6.47. The van der Waals surface area contributed by atoms with Gasteiger partial charge in [-0.25, -0.2) is 8.78 Å². The molecule has 0 radical (unpaired) electrons. The zero-order valence-electron chi connectivity index (χ0n) is 16.4. The number of halogens is 3. The number of rotatable bonds is 7. The highest BCUT2D eigenvalue weighted by atomic mass is 35.5. The Kier molecular flexibility index (Phi) is 9.29. The first kappa shape index (κ1) is 23.5. The standard InChI is InChI=1S/C18H25BClF2N3O4/c1-11(2)7-16(19-28-5-3-23-4-6-29-19)25-17(26)10-24-18(27)12-8-15(22)13(20)9-14(12)21/h8-9,11,16,23H,3-7,10H2,1-2H3,(H,24,27)(H,25,26)/t16-/m0/s1. The van der Waals surface area contributed by atoms with Gasteiger partial charge in [0.05, 0.1) is 23.1 Å². The maximum absolute atomic E-state index is 13.8. The number of carbonyl (C=O) groups excluding carboxylic acids is 2. The van der Waals surface area contributed by atoms with Crippen molar-refractivity contribution in [3.8, 4) is 0 Å². The normalized spacial score (nSPS) is 16.1. The van der Waals surface area contributed by atoms with Crippen molar-refractivity contribution in [3.63, 3.8) is 0 Å². The Bertz CT molecular complexity index is 719. The second kappa shape index (κ2) is 11.4. The molecule has 2 amide bonds. The molecule has 7 nitrogen and oxygen atoms in total. The second-order valence-corrected chi connectivity index (χ2v) is 7.50. The van der Waals surface area contributed by atoms with Gasteiger partial charge in [0.15, 0.2) is 0 Å². The maximum Gasteiger partial charge on any atom is 0.480 e. The summed E-state index contributed by atoms with van der Waals surface area (Å²) >= 11 is 5.47. The molecule has 1 aromatic rings. The molecule has 0 aromatic heterocycles. The molecule has 1 aromatic carbocycles. The summed E-state index contributed by atoms with van der Waals surface area (Å²) in [7, 11) is -0.609. The van der Waals surface area contributed by atoms with Crippen LogP contribution < -0.4 is 16.0 Å². The molecule has 1 saturated heterocycles. The van der Waals surface area contributed by atoms with E-state index in [4.69, 9.17) is 20.9 Å². The average molecular weight is 432 g/mol. The van der Waals surface area contributed by atoms with Crippen LogP contribution in [0.15, 0.2) is 12.1 Å². The molecule has 3 N–H and O–H groups in total. The molecule has 0 saturated carbocycles. The number of nitrogens with one attached hydrogen (secondary N) is 3. The van der Waals surface area contributed by atoms with Crippen LogP contribution >= 0.6 is 11.6 Å². The number of hydrogen-bond acceptors (Lipinski definition) is 5. The van der Waals surface area contributed by atoms with Gasteiger partial charge in [-0.15, -0.1) is 0 Å². The molecule has 1 fully saturated rings. The van der Waals surface area contributed by atoms with Crippen molar-refractivity contribution in [2.75, 3.05) is 32.8 Å². The lowest BCUT2D eigenvalue weighted by Crippen LogP contribution is -2.53. The van der Waals surface area contributed by atoms with E-state index in [1.165, 1.54) is 0 Å². The summed E-state index contributed by atoms with van der Waals surface area (Å²) < 4.78 is 38.7. The topological polar surface area (TPSA) is 88.7 Å². The van der Waals surface area contributed by atoms with E-state index in [1.54, 1.807) is 0 Å². The second-order valence-electron chi connectivity index (χ2n) is 7.09. The Morgan fingerprint density at radius 2 is 1.86 bits per heavy atom. The Morgan fingerprint density at radius 3 is 2.48 bits per heavy atom. The van der Waals surface area contributed by atoms with E-state index in [0.29, 0.717) is 44.9 Å². The third kappa shape index (κ3) is 7.54. The molecule has 160 valence electrons. The average Bonchev–Trinajstić information content (AvgIpc) is 2.61. The predicted molar refractivity (Wildman–Crippen MR) is 106 cm³/mol. The summed E-state index contributed by atoms with van der Waals surface area (Å²) in [6, 6.07) is 1.40. The van der Waals surface area contributed by atoms with E-state index in [0.717, 1.165) is 0 Å². The lowest BCUT2D eigenvalue weighted by molar-refractivity contribution is -0.120. The third-order valence-electron chi connectivity index (χ3n) is 4.19. The van der Waals surface area contributed by atoms with Crippen LogP contribution in [0.2, 0.25) is 5.02 Å². The monoisotopic (exact) mass is 431 g/mol. The van der Waals surface area contributed by atoms with Gasteiger partial charge in [-0.1, -0.05) is 25.4 Å². The number of amides is 2. The van der Waals surface area contributed by atoms with Crippen LogP contribution in [0.1, 0.15) is 30.6 Å². The SMILES string of the molecule is CC(C)C[C@H](NC(=O)CNC(=O)c1cc(F)c(Cl)cc1F)B1OCCNCCO1. The van der Waals surface area contributed by atoms with Crippen molar-refractivity contribution in [2.45, 2.75) is 26.2 Å². The molecule has 1 heterocycles. The summed E-state index contributed by atoms with van der Waals surface area (Å²) in [5, 5.41) is 7.78. The van der Waals surface area contributed by atoms with E-state index in [9.17, 15) is 18.4 Å². The van der Waals surface area contributed by atoms with Crippen LogP contribution in [0.25, 0.3) is 0 Å². The minimum Gasteiger partial charge on any atom is -0.408 e. The van der Waals surface area contributed by atoms with Gasteiger partial charge < -0.3 is 25.3 Å². The number of carbonyl (C=O) groups is 2. The molecule has 1 atom stereocenters. The van der Waals surface area contributed by atoms with Crippen LogP contribution in [-0.4, -0.2) is 57.7 Å². The molecule has 1 aliphatic rings. The minimum atomic E-state index is -0.975. The number of benzene rings is 1. The molecule has 2 rings (SSSR count). The van der Waals surface area contributed by atoms with Crippen molar-refractivity contribution < 1.29 is 27.7 Å². The van der Waals surface area contributed by atoms with E-state index in [1.807, 2.05) is 13.8 Å². The zero-order chi connectivity index (χ0) is 21.4. The molecular formula is C18H25BClF2N3O4. The maximum atomic E-state index is 13.8. The molecule has 29 heavy (non-hydrogen) atoms. The van der Waals surface area contributed by atoms with Gasteiger partial charge in [0, 0.05) is 26.3 Å². The van der Waals surface area contributed by atoms with Gasteiger partial charge in [0.25, 0.3) is 5.91 Å². The Morgan fingerprint density at radius 1 is 1.21 bits per heavy atom. The van der Waals surface area contributed by atoms with Gasteiger partial charge in [0.2, 0.25) is 5.91 Å². The fourth-order valence-electron chi connectivity index (χ4n) is 2.86. The van der Waals surface area contributed by atoms with Gasteiger partial charge in [-0.05, 0) is 24.5 Å². The van der Waals surface area contributed by atoms with Crippen molar-refractivity contribution in [2.24, 2.45) is 5.92 Å². The summed E-state index contributed by atoms with van der Waals surface area (Å²) in [4.78, 5) is 24.4. The number of hydrogen-bond donors (Lipinski definition) is 3. The summed E-state index contributed by atoms with van der Waals surface area (Å²) in [6.07, 6.45) is 0.606. The van der Waals surface area contributed by atoms with Crippen LogP contribution in [0.3, 0.4) is 0 Å². The molecule has 0 spiro atoms. The van der Waals surface area contributed by atoms with Gasteiger partial charge in [-0.2, -0.15) is 0 Å². The molecule has 0 aliphatic carbocycles. The first-order valence-electron chi connectivity index (χ1n) is 9.44. The molecule has 1 aliphatic heterocycles. The zero-order valence-corrected chi connectivity index (χ0v) is 17.2. The highest BCUT2D eigenvalue weighted by Crippen LogP contribution is 2.19. The predicted octanol–water partition coefficient (Wildman–Crippen LogP) is 1.54.